The molecule has 0 N–H and O–H groups in total. The molecule has 0 amide bonds. The van der Waals surface area contributed by atoms with Crippen molar-refractivity contribution in [3.8, 4) is 17.5 Å². The normalized spacial score (nSPS) is 26.4. The van der Waals surface area contributed by atoms with E-state index in [1.165, 1.54) is 0 Å². The maximum absolute atomic E-state index is 14.0. The summed E-state index contributed by atoms with van der Waals surface area (Å²) in [5.41, 5.74) is 2.77. The lowest BCUT2D eigenvalue weighted by Crippen LogP contribution is -2.31. The third-order valence-corrected chi connectivity index (χ3v) is 10.0. The molecule has 0 aromatic carbocycles. The molecule has 3 aromatic heterocycles. The Labute approximate surface area is 250 Å². The van der Waals surface area contributed by atoms with Crippen molar-refractivity contribution in [3.63, 3.8) is 0 Å². The SMILES string of the molecule is COCCn1c(=O)n([C@@H]2CCOC2)c2nc(-c3onc4c3CCC[C@H]3C(=O)CCCC[C@H]43)nc(OC[C@@H]3CCCN3C)c21. The number of Topliss-reactive ketones (excluding diaryl/α,β-unsaturated/α-hetero) is 1. The van der Waals surface area contributed by atoms with E-state index in [9.17, 15) is 9.59 Å². The maximum Gasteiger partial charge on any atom is 0.330 e. The Morgan fingerprint density at radius 2 is 1.88 bits per heavy atom. The lowest BCUT2D eigenvalue weighted by molar-refractivity contribution is -0.123. The van der Waals surface area contributed by atoms with Crippen molar-refractivity contribution in [2.24, 2.45) is 5.92 Å². The van der Waals surface area contributed by atoms with Crippen molar-refractivity contribution in [2.75, 3.05) is 47.1 Å². The number of aromatic nitrogens is 5. The van der Waals surface area contributed by atoms with Crippen LogP contribution in [0.5, 0.6) is 5.88 Å². The smallest absolute Gasteiger partial charge is 0.330 e. The van der Waals surface area contributed by atoms with E-state index >= 15 is 0 Å². The van der Waals surface area contributed by atoms with Crippen LogP contribution in [-0.4, -0.2) is 88.1 Å². The topological polar surface area (TPSA) is 127 Å². The van der Waals surface area contributed by atoms with Crippen LogP contribution in [0.1, 0.15) is 81.0 Å². The second kappa shape index (κ2) is 12.1. The lowest BCUT2D eigenvalue weighted by Gasteiger charge is -2.20. The van der Waals surface area contributed by atoms with Crippen LogP contribution in [0.2, 0.25) is 0 Å². The van der Waals surface area contributed by atoms with Crippen molar-refractivity contribution >= 4 is 16.9 Å². The summed E-state index contributed by atoms with van der Waals surface area (Å²) in [5.74, 6) is 1.66. The number of ether oxygens (including phenoxy) is 3. The number of fused-ring (bicyclic) bond motifs is 4. The summed E-state index contributed by atoms with van der Waals surface area (Å²) in [6, 6.07) is 0.129. The Kier molecular flexibility index (Phi) is 8.08. The molecule has 3 aromatic rings. The van der Waals surface area contributed by atoms with Crippen LogP contribution in [0.25, 0.3) is 22.7 Å². The molecule has 2 aliphatic carbocycles. The predicted octanol–water partition coefficient (Wildman–Crippen LogP) is 3.51. The van der Waals surface area contributed by atoms with E-state index in [2.05, 4.69) is 17.1 Å². The van der Waals surface area contributed by atoms with Gasteiger partial charge in [0.1, 0.15) is 12.4 Å². The van der Waals surface area contributed by atoms with E-state index in [0.717, 1.165) is 75.6 Å². The van der Waals surface area contributed by atoms with Gasteiger partial charge in [-0.25, -0.2) is 9.78 Å². The van der Waals surface area contributed by atoms with Gasteiger partial charge in [0.2, 0.25) is 17.5 Å². The van der Waals surface area contributed by atoms with Gasteiger partial charge in [-0.2, -0.15) is 4.98 Å². The van der Waals surface area contributed by atoms with E-state index in [1.807, 2.05) is 0 Å². The first-order valence-electron chi connectivity index (χ1n) is 16.0. The Bertz CT molecular complexity index is 1540. The first kappa shape index (κ1) is 28.7. The number of carbonyl (C=O) groups is 1. The van der Waals surface area contributed by atoms with Gasteiger partial charge in [-0.1, -0.05) is 11.6 Å². The second-order valence-corrected chi connectivity index (χ2v) is 12.6. The van der Waals surface area contributed by atoms with Gasteiger partial charge in [-0.15, -0.1) is 0 Å². The number of rotatable bonds is 8. The second-order valence-electron chi connectivity index (χ2n) is 12.6. The number of likely N-dealkylation sites (N-methyl/N-ethyl adjacent to an activating group) is 1. The predicted molar refractivity (Wildman–Crippen MR) is 157 cm³/mol. The van der Waals surface area contributed by atoms with Gasteiger partial charge in [-0.05, 0) is 65.0 Å². The highest BCUT2D eigenvalue weighted by Crippen LogP contribution is 2.44. The minimum absolute atomic E-state index is 0.00485. The highest BCUT2D eigenvalue weighted by atomic mass is 16.5. The molecule has 0 radical (unpaired) electrons. The molecule has 3 fully saturated rings. The third kappa shape index (κ3) is 5.21. The molecule has 2 saturated heterocycles. The van der Waals surface area contributed by atoms with Crippen molar-refractivity contribution in [2.45, 2.75) is 88.8 Å². The number of nitrogens with zero attached hydrogens (tertiary/aromatic N) is 6. The summed E-state index contributed by atoms with van der Waals surface area (Å²) in [7, 11) is 3.74. The Balaban J connectivity index is 1.37. The van der Waals surface area contributed by atoms with Gasteiger partial charge in [-0.3, -0.25) is 13.9 Å². The van der Waals surface area contributed by atoms with E-state index in [1.54, 1.807) is 16.2 Å². The molecule has 4 atom stereocenters. The Hall–Kier alpha value is -3.09. The van der Waals surface area contributed by atoms with E-state index < -0.39 is 0 Å². The molecule has 7 rings (SSSR count). The van der Waals surface area contributed by atoms with E-state index in [-0.39, 0.29) is 29.6 Å². The number of likely N-dealkylation sites (tertiary alicyclic amines) is 1. The highest BCUT2D eigenvalue weighted by Gasteiger charge is 2.38. The number of hydrogen-bond acceptors (Lipinski definition) is 10. The van der Waals surface area contributed by atoms with Gasteiger partial charge in [0.15, 0.2) is 11.2 Å². The third-order valence-electron chi connectivity index (χ3n) is 10.0. The van der Waals surface area contributed by atoms with Crippen molar-refractivity contribution in [3.05, 3.63) is 21.7 Å². The van der Waals surface area contributed by atoms with Gasteiger partial charge >= 0.3 is 5.69 Å². The molecule has 4 aliphatic rings. The van der Waals surface area contributed by atoms with Crippen LogP contribution in [0, 0.1) is 5.92 Å². The summed E-state index contributed by atoms with van der Waals surface area (Å²) in [6.45, 7) is 3.24. The zero-order chi connectivity index (χ0) is 29.5. The minimum atomic E-state index is -0.173. The molecular weight excluding hydrogens is 552 g/mol. The van der Waals surface area contributed by atoms with Gasteiger partial charge < -0.3 is 23.6 Å². The minimum Gasteiger partial charge on any atom is -0.474 e. The summed E-state index contributed by atoms with van der Waals surface area (Å²) in [4.78, 5) is 39.2. The molecule has 0 spiro atoms. The fourth-order valence-electron chi connectivity index (χ4n) is 7.65. The average molecular weight is 595 g/mol. The van der Waals surface area contributed by atoms with Crippen molar-refractivity contribution in [1.29, 1.82) is 0 Å². The van der Waals surface area contributed by atoms with Crippen molar-refractivity contribution in [1.82, 2.24) is 29.2 Å². The zero-order valence-electron chi connectivity index (χ0n) is 25.3. The fourth-order valence-corrected chi connectivity index (χ4v) is 7.65. The first-order valence-corrected chi connectivity index (χ1v) is 16.0. The van der Waals surface area contributed by atoms with Crippen LogP contribution in [0.3, 0.4) is 0 Å². The van der Waals surface area contributed by atoms with Crippen LogP contribution >= 0.6 is 0 Å². The summed E-state index contributed by atoms with van der Waals surface area (Å²) >= 11 is 0. The molecular formula is C31H42N6O6. The monoisotopic (exact) mass is 594 g/mol. The molecule has 5 heterocycles. The van der Waals surface area contributed by atoms with E-state index in [0.29, 0.717) is 73.8 Å². The molecule has 232 valence electrons. The van der Waals surface area contributed by atoms with Crippen molar-refractivity contribution < 1.29 is 23.5 Å². The number of hydrogen-bond donors (Lipinski definition) is 0. The van der Waals surface area contributed by atoms with Crippen LogP contribution in [-0.2, 0) is 27.2 Å². The molecule has 0 bridgehead atoms. The van der Waals surface area contributed by atoms with Gasteiger partial charge in [0, 0.05) is 43.6 Å². The number of ketones is 1. The van der Waals surface area contributed by atoms with Gasteiger partial charge in [0.05, 0.1) is 31.5 Å². The van der Waals surface area contributed by atoms with E-state index in [4.69, 9.17) is 28.7 Å². The maximum atomic E-state index is 14.0. The lowest BCUT2D eigenvalue weighted by atomic mass is 9.83. The van der Waals surface area contributed by atoms with Crippen LogP contribution in [0.15, 0.2) is 9.32 Å². The zero-order valence-corrected chi connectivity index (χ0v) is 25.3. The molecule has 2 aliphatic heterocycles. The first-order chi connectivity index (χ1) is 21.0. The molecule has 12 nitrogen and oxygen atoms in total. The summed E-state index contributed by atoms with van der Waals surface area (Å²) < 4.78 is 27.0. The Morgan fingerprint density at radius 3 is 2.67 bits per heavy atom. The Morgan fingerprint density at radius 1 is 1.00 bits per heavy atom. The molecule has 1 saturated carbocycles. The number of methoxy groups -OCH3 is 1. The summed E-state index contributed by atoms with van der Waals surface area (Å²) in [6.07, 6.45) is 8.92. The molecule has 12 heteroatoms. The standard InChI is InChI=1S/C31H42N6O6/c1-35-13-6-7-19(35)18-42-30-26-29(37(20-12-15-41-17-20)31(39)36(26)14-16-40-2)32-28(33-30)27-23-10-5-9-21-22(25(23)34-43-27)8-3-4-11-24(21)38/h19-22H,3-18H2,1-2H3/t19-,20+,21+,22-/m0/s1. The largest absolute Gasteiger partial charge is 0.474 e. The highest BCUT2D eigenvalue weighted by molar-refractivity contribution is 5.83. The fraction of sp³-hybridized carbons (Fsp3) is 0.710. The summed E-state index contributed by atoms with van der Waals surface area (Å²) in [5, 5.41) is 4.58. The van der Waals surface area contributed by atoms with Crippen LogP contribution in [0.4, 0.5) is 0 Å². The number of imidazole rings is 1. The average Bonchev–Trinajstić information content (AvgIpc) is 3.77. The molecule has 43 heavy (non-hydrogen) atoms. The van der Waals surface area contributed by atoms with Crippen LogP contribution < -0.4 is 10.4 Å². The quantitative estimate of drug-likeness (QED) is 0.382. The molecule has 0 unspecified atom stereocenters. The number of carbonyl (C=O) groups excluding carboxylic acids is 1. The van der Waals surface area contributed by atoms with Gasteiger partial charge in [0.25, 0.3) is 0 Å².